The molecule has 0 unspecified atom stereocenters. The second-order valence-corrected chi connectivity index (χ2v) is 6.25. The molecular weight excluding hydrogens is 338 g/mol. The molecule has 1 saturated carbocycles. The third-order valence-electron chi connectivity index (χ3n) is 3.98. The number of carbonyl (C=O) groups is 1. The number of aliphatic carboxylic acids is 1. The number of carboxylic acids is 1. The molecule has 1 fully saturated rings. The van der Waals surface area contributed by atoms with Crippen molar-refractivity contribution in [3.63, 3.8) is 0 Å². The predicted octanol–water partition coefficient (Wildman–Crippen LogP) is 2.90. The average Bonchev–Trinajstić information content (AvgIpc) is 2.48. The summed E-state index contributed by atoms with van der Waals surface area (Å²) in [6.07, 6.45) is 3.23. The van der Waals surface area contributed by atoms with E-state index in [1.807, 2.05) is 6.07 Å². The van der Waals surface area contributed by atoms with Gasteiger partial charge in [-0.15, -0.1) is 0 Å². The first kappa shape index (κ1) is 16.1. The van der Waals surface area contributed by atoms with Crippen LogP contribution in [-0.4, -0.2) is 29.3 Å². The number of nitrogens with one attached hydrogen (secondary N) is 1. The van der Waals surface area contributed by atoms with E-state index in [4.69, 9.17) is 9.84 Å². The topological polar surface area (TPSA) is 78.8 Å². The van der Waals surface area contributed by atoms with E-state index in [0.29, 0.717) is 22.8 Å². The molecule has 0 spiro atoms. The summed E-state index contributed by atoms with van der Waals surface area (Å²) in [6.45, 7) is 0.664. The lowest BCUT2D eigenvalue weighted by molar-refractivity contribution is -0.142. The largest absolute Gasteiger partial charge is 0.503 e. The van der Waals surface area contributed by atoms with Gasteiger partial charge in [-0.2, -0.15) is 0 Å². The molecule has 0 radical (unpaired) electrons. The average molecular weight is 358 g/mol. The van der Waals surface area contributed by atoms with Crippen LogP contribution in [0.5, 0.6) is 11.5 Å². The highest BCUT2D eigenvalue weighted by molar-refractivity contribution is 9.10. The molecular formula is C15H20BrNO4. The predicted molar refractivity (Wildman–Crippen MR) is 82.6 cm³/mol. The number of phenolic OH excluding ortho intramolecular Hbond substituents is 1. The van der Waals surface area contributed by atoms with Crippen LogP contribution in [-0.2, 0) is 11.3 Å². The maximum atomic E-state index is 10.9. The van der Waals surface area contributed by atoms with Crippen LogP contribution < -0.4 is 10.1 Å². The van der Waals surface area contributed by atoms with Crippen LogP contribution in [0.4, 0.5) is 0 Å². The van der Waals surface area contributed by atoms with Gasteiger partial charge >= 0.3 is 5.97 Å². The Kier molecular flexibility index (Phi) is 5.47. The lowest BCUT2D eigenvalue weighted by Gasteiger charge is -2.27. The van der Waals surface area contributed by atoms with Gasteiger partial charge in [0.25, 0.3) is 0 Å². The standard InChI is InChI=1S/C15H20BrNO4/c1-21-13-7-9(6-12(16)14(13)18)8-17-11-4-2-10(3-5-11)15(19)20/h6-7,10-11,17-18H,2-5,8H2,1H3,(H,19,20). The molecule has 1 aliphatic carbocycles. The van der Waals surface area contributed by atoms with E-state index >= 15 is 0 Å². The molecule has 0 bridgehead atoms. The Balaban J connectivity index is 1.89. The summed E-state index contributed by atoms with van der Waals surface area (Å²) >= 11 is 3.30. The third kappa shape index (κ3) is 4.11. The molecule has 0 aliphatic heterocycles. The first-order chi connectivity index (χ1) is 10.0. The molecule has 0 saturated heterocycles. The molecule has 0 aromatic heterocycles. The number of ether oxygens (including phenoxy) is 1. The van der Waals surface area contributed by atoms with Crippen LogP contribution in [0.25, 0.3) is 0 Å². The summed E-state index contributed by atoms with van der Waals surface area (Å²) in [7, 11) is 1.52. The fraction of sp³-hybridized carbons (Fsp3) is 0.533. The molecule has 116 valence electrons. The van der Waals surface area contributed by atoms with Crippen molar-refractivity contribution >= 4 is 21.9 Å². The Hall–Kier alpha value is -1.27. The summed E-state index contributed by atoms with van der Waals surface area (Å²) in [4.78, 5) is 10.9. The third-order valence-corrected chi connectivity index (χ3v) is 4.58. The molecule has 0 heterocycles. The Morgan fingerprint density at radius 1 is 1.38 bits per heavy atom. The van der Waals surface area contributed by atoms with Crippen LogP contribution in [0.15, 0.2) is 16.6 Å². The van der Waals surface area contributed by atoms with Crippen LogP contribution in [0.2, 0.25) is 0 Å². The number of phenols is 1. The van der Waals surface area contributed by atoms with Gasteiger partial charge < -0.3 is 20.3 Å². The number of carboxylic acid groups (broad SMARTS) is 1. The van der Waals surface area contributed by atoms with E-state index in [1.54, 1.807) is 6.07 Å². The maximum Gasteiger partial charge on any atom is 0.306 e. The minimum absolute atomic E-state index is 0.100. The first-order valence-corrected chi connectivity index (χ1v) is 7.82. The van der Waals surface area contributed by atoms with Crippen LogP contribution in [0, 0.1) is 5.92 Å². The fourth-order valence-corrected chi connectivity index (χ4v) is 3.18. The highest BCUT2D eigenvalue weighted by Gasteiger charge is 2.25. The highest BCUT2D eigenvalue weighted by atomic mass is 79.9. The molecule has 0 amide bonds. The second-order valence-electron chi connectivity index (χ2n) is 5.40. The number of halogens is 1. The van der Waals surface area contributed by atoms with Gasteiger partial charge in [-0.3, -0.25) is 4.79 Å². The van der Waals surface area contributed by atoms with Gasteiger partial charge in [0.2, 0.25) is 0 Å². The van der Waals surface area contributed by atoms with Gasteiger partial charge in [0, 0.05) is 12.6 Å². The zero-order chi connectivity index (χ0) is 15.4. The zero-order valence-electron chi connectivity index (χ0n) is 11.9. The van der Waals surface area contributed by atoms with Crippen molar-refractivity contribution in [2.24, 2.45) is 5.92 Å². The molecule has 1 aromatic rings. The van der Waals surface area contributed by atoms with Crippen molar-refractivity contribution in [1.29, 1.82) is 0 Å². The molecule has 1 aliphatic rings. The lowest BCUT2D eigenvalue weighted by Crippen LogP contribution is -2.34. The summed E-state index contributed by atoms with van der Waals surface area (Å²) in [5.41, 5.74) is 1.01. The van der Waals surface area contributed by atoms with E-state index in [1.165, 1.54) is 7.11 Å². The number of aromatic hydroxyl groups is 1. The van der Waals surface area contributed by atoms with Gasteiger partial charge in [-0.25, -0.2) is 0 Å². The zero-order valence-corrected chi connectivity index (χ0v) is 13.5. The molecule has 3 N–H and O–H groups in total. The van der Waals surface area contributed by atoms with E-state index in [9.17, 15) is 9.90 Å². The smallest absolute Gasteiger partial charge is 0.306 e. The summed E-state index contributed by atoms with van der Waals surface area (Å²) in [5, 5.41) is 22.2. The molecule has 2 rings (SSSR count). The normalized spacial score (nSPS) is 22.0. The monoisotopic (exact) mass is 357 g/mol. The van der Waals surface area contributed by atoms with Crippen molar-refractivity contribution in [2.45, 2.75) is 38.3 Å². The Morgan fingerprint density at radius 2 is 2.05 bits per heavy atom. The van der Waals surface area contributed by atoms with Gasteiger partial charge in [0.05, 0.1) is 17.5 Å². The second kappa shape index (κ2) is 7.13. The van der Waals surface area contributed by atoms with Gasteiger partial charge in [0.15, 0.2) is 11.5 Å². The van der Waals surface area contributed by atoms with Crippen LogP contribution in [0.1, 0.15) is 31.2 Å². The Labute approximate surface area is 132 Å². The van der Waals surface area contributed by atoms with Gasteiger partial charge in [-0.1, -0.05) is 0 Å². The summed E-state index contributed by atoms with van der Waals surface area (Å²) in [5.74, 6) is -0.328. The summed E-state index contributed by atoms with van der Waals surface area (Å²) in [6, 6.07) is 4.00. The van der Waals surface area contributed by atoms with E-state index < -0.39 is 5.97 Å². The van der Waals surface area contributed by atoms with Crippen molar-refractivity contribution in [3.8, 4) is 11.5 Å². The first-order valence-electron chi connectivity index (χ1n) is 7.02. The Bertz CT molecular complexity index is 513. The number of hydrogen-bond acceptors (Lipinski definition) is 4. The highest BCUT2D eigenvalue weighted by Crippen LogP contribution is 2.35. The van der Waals surface area contributed by atoms with Crippen molar-refractivity contribution in [1.82, 2.24) is 5.32 Å². The van der Waals surface area contributed by atoms with Crippen molar-refractivity contribution < 1.29 is 19.7 Å². The molecule has 21 heavy (non-hydrogen) atoms. The minimum Gasteiger partial charge on any atom is -0.503 e. The Morgan fingerprint density at radius 3 is 2.62 bits per heavy atom. The quantitative estimate of drug-likeness (QED) is 0.754. The van der Waals surface area contributed by atoms with Gasteiger partial charge in [-0.05, 0) is 59.3 Å². The van der Waals surface area contributed by atoms with Crippen molar-refractivity contribution in [3.05, 3.63) is 22.2 Å². The minimum atomic E-state index is -0.680. The summed E-state index contributed by atoms with van der Waals surface area (Å²) < 4.78 is 5.73. The number of hydrogen-bond donors (Lipinski definition) is 3. The molecule has 1 aromatic carbocycles. The van der Waals surface area contributed by atoms with Crippen LogP contribution >= 0.6 is 15.9 Å². The van der Waals surface area contributed by atoms with Crippen LogP contribution in [0.3, 0.4) is 0 Å². The lowest BCUT2D eigenvalue weighted by atomic mass is 9.86. The molecule has 6 heteroatoms. The van der Waals surface area contributed by atoms with Crippen molar-refractivity contribution in [2.75, 3.05) is 7.11 Å². The van der Waals surface area contributed by atoms with E-state index in [0.717, 1.165) is 31.2 Å². The van der Waals surface area contributed by atoms with Gasteiger partial charge in [0.1, 0.15) is 0 Å². The molecule has 0 atom stereocenters. The maximum absolute atomic E-state index is 10.9. The number of benzene rings is 1. The van der Waals surface area contributed by atoms with E-state index in [2.05, 4.69) is 21.2 Å². The fourth-order valence-electron chi connectivity index (χ4n) is 2.69. The number of methoxy groups -OCH3 is 1. The van der Waals surface area contributed by atoms with E-state index in [-0.39, 0.29) is 11.7 Å². The number of rotatable bonds is 5. The molecule has 5 nitrogen and oxygen atoms in total. The SMILES string of the molecule is COc1cc(CNC2CCC(C(=O)O)CC2)cc(Br)c1O.